The van der Waals surface area contributed by atoms with Crippen LogP contribution in [0.2, 0.25) is 0 Å². The van der Waals surface area contributed by atoms with Gasteiger partial charge >= 0.3 is 0 Å². The fraction of sp³-hybridized carbons (Fsp3) is 0.588. The average molecular weight is 386 g/mol. The molecule has 1 heterocycles. The van der Waals surface area contributed by atoms with Gasteiger partial charge in [-0.15, -0.1) is 0 Å². The van der Waals surface area contributed by atoms with Crippen LogP contribution in [0.1, 0.15) is 29.6 Å². The van der Waals surface area contributed by atoms with Gasteiger partial charge in [-0.05, 0) is 31.4 Å². The molecule has 0 radical (unpaired) electrons. The molecule has 2 rings (SSSR count). The number of ether oxygens (including phenoxy) is 3. The van der Waals surface area contributed by atoms with Crippen LogP contribution in [-0.2, 0) is 10.0 Å². The summed E-state index contributed by atoms with van der Waals surface area (Å²) in [4.78, 5) is 14.8. The second-order valence-electron chi connectivity index (χ2n) is 6.18. The number of nitrogens with zero attached hydrogens (tertiary/aromatic N) is 1. The van der Waals surface area contributed by atoms with E-state index in [1.807, 2.05) is 0 Å². The highest BCUT2D eigenvalue weighted by Crippen LogP contribution is 2.38. The lowest BCUT2D eigenvalue weighted by atomic mass is 10.0. The zero-order chi connectivity index (χ0) is 19.3. The minimum absolute atomic E-state index is 0.190. The molecule has 1 unspecified atom stereocenters. The van der Waals surface area contributed by atoms with E-state index in [9.17, 15) is 13.2 Å². The van der Waals surface area contributed by atoms with Crippen LogP contribution in [0.25, 0.3) is 0 Å². The van der Waals surface area contributed by atoms with E-state index in [1.165, 1.54) is 21.3 Å². The van der Waals surface area contributed by atoms with Crippen molar-refractivity contribution in [2.45, 2.75) is 25.3 Å². The first-order valence-corrected chi connectivity index (χ1v) is 10.3. The van der Waals surface area contributed by atoms with Crippen LogP contribution in [0.15, 0.2) is 12.1 Å². The summed E-state index contributed by atoms with van der Waals surface area (Å²) in [5, 5.41) is 0. The smallest absolute Gasteiger partial charge is 0.254 e. The van der Waals surface area contributed by atoms with Crippen molar-refractivity contribution in [3.05, 3.63) is 17.7 Å². The number of rotatable bonds is 7. The molecule has 1 saturated heterocycles. The molecule has 0 saturated carbocycles. The van der Waals surface area contributed by atoms with Crippen molar-refractivity contribution in [3.63, 3.8) is 0 Å². The zero-order valence-electron chi connectivity index (χ0n) is 15.6. The third-order valence-electron chi connectivity index (χ3n) is 4.38. The SMILES string of the molecule is COc1cc(C(=O)N2CCCCC2CNS(C)(=O)=O)cc(OC)c1OC. The minimum Gasteiger partial charge on any atom is -0.493 e. The van der Waals surface area contributed by atoms with Crippen LogP contribution in [-0.4, -0.2) is 65.9 Å². The highest BCUT2D eigenvalue weighted by atomic mass is 32.2. The van der Waals surface area contributed by atoms with E-state index in [4.69, 9.17) is 14.2 Å². The summed E-state index contributed by atoms with van der Waals surface area (Å²) in [6, 6.07) is 3.03. The van der Waals surface area contributed by atoms with Gasteiger partial charge in [0.25, 0.3) is 5.91 Å². The molecule has 0 spiro atoms. The maximum atomic E-state index is 13.1. The summed E-state index contributed by atoms with van der Waals surface area (Å²) >= 11 is 0. The number of amides is 1. The molecule has 146 valence electrons. The number of likely N-dealkylation sites (tertiary alicyclic amines) is 1. The molecule has 8 nitrogen and oxygen atoms in total. The standard InChI is InChI=1S/C17H26N2O6S/c1-23-14-9-12(10-15(24-2)16(14)25-3)17(20)19-8-6-5-7-13(19)11-18-26(4,21)22/h9-10,13,18H,5-8,11H2,1-4H3. The molecular formula is C17H26N2O6S. The maximum absolute atomic E-state index is 13.1. The number of piperidine rings is 1. The Kier molecular flexibility index (Phi) is 6.71. The van der Waals surface area contributed by atoms with Gasteiger partial charge in [-0.25, -0.2) is 13.1 Å². The second-order valence-corrected chi connectivity index (χ2v) is 8.02. The molecule has 1 amide bonds. The molecule has 1 aliphatic rings. The summed E-state index contributed by atoms with van der Waals surface area (Å²) in [5.41, 5.74) is 0.408. The average Bonchev–Trinajstić information content (AvgIpc) is 2.64. The number of methoxy groups -OCH3 is 3. The van der Waals surface area contributed by atoms with E-state index < -0.39 is 10.0 Å². The van der Waals surface area contributed by atoms with Gasteiger partial charge in [-0.1, -0.05) is 0 Å². The quantitative estimate of drug-likeness (QED) is 0.758. The predicted octanol–water partition coefficient (Wildman–Crippen LogP) is 1.26. The lowest BCUT2D eigenvalue weighted by Gasteiger charge is -2.36. The molecule has 1 fully saturated rings. The van der Waals surface area contributed by atoms with E-state index in [-0.39, 0.29) is 18.5 Å². The normalized spacial score (nSPS) is 17.7. The van der Waals surface area contributed by atoms with Crippen LogP contribution < -0.4 is 18.9 Å². The molecule has 0 aliphatic carbocycles. The Balaban J connectivity index is 2.30. The number of hydrogen-bond donors (Lipinski definition) is 1. The van der Waals surface area contributed by atoms with Gasteiger partial charge in [0.15, 0.2) is 11.5 Å². The first-order chi connectivity index (χ1) is 12.3. The molecule has 1 aromatic rings. The Morgan fingerprint density at radius 2 is 1.77 bits per heavy atom. The number of nitrogens with one attached hydrogen (secondary N) is 1. The van der Waals surface area contributed by atoms with Crippen LogP contribution >= 0.6 is 0 Å². The number of carbonyl (C=O) groups excluding carboxylic acids is 1. The Morgan fingerprint density at radius 3 is 2.27 bits per heavy atom. The fourth-order valence-electron chi connectivity index (χ4n) is 3.10. The lowest BCUT2D eigenvalue weighted by molar-refractivity contribution is 0.0618. The molecular weight excluding hydrogens is 360 g/mol. The molecule has 0 bridgehead atoms. The number of benzene rings is 1. The van der Waals surface area contributed by atoms with Crippen LogP contribution in [0.5, 0.6) is 17.2 Å². The monoisotopic (exact) mass is 386 g/mol. The summed E-state index contributed by atoms with van der Waals surface area (Å²) < 4.78 is 41.2. The largest absolute Gasteiger partial charge is 0.493 e. The zero-order valence-corrected chi connectivity index (χ0v) is 16.4. The molecule has 1 aromatic carbocycles. The van der Waals surface area contributed by atoms with Crippen LogP contribution in [0.4, 0.5) is 0 Å². The number of hydrogen-bond acceptors (Lipinski definition) is 6. The predicted molar refractivity (Wildman–Crippen MR) is 97.6 cm³/mol. The highest BCUT2D eigenvalue weighted by molar-refractivity contribution is 7.88. The topological polar surface area (TPSA) is 94.2 Å². The maximum Gasteiger partial charge on any atom is 0.254 e. The van der Waals surface area contributed by atoms with E-state index >= 15 is 0 Å². The van der Waals surface area contributed by atoms with E-state index in [1.54, 1.807) is 17.0 Å². The van der Waals surface area contributed by atoms with Crippen LogP contribution in [0, 0.1) is 0 Å². The fourth-order valence-corrected chi connectivity index (χ4v) is 3.59. The van der Waals surface area contributed by atoms with Gasteiger partial charge in [0.05, 0.1) is 27.6 Å². The molecule has 1 N–H and O–H groups in total. The molecule has 9 heteroatoms. The Bertz CT molecular complexity index is 725. The lowest BCUT2D eigenvalue weighted by Crippen LogP contribution is -2.49. The van der Waals surface area contributed by atoms with Crippen molar-refractivity contribution in [3.8, 4) is 17.2 Å². The molecule has 1 aliphatic heterocycles. The Morgan fingerprint density at radius 1 is 1.15 bits per heavy atom. The highest BCUT2D eigenvalue weighted by Gasteiger charge is 2.29. The molecule has 26 heavy (non-hydrogen) atoms. The van der Waals surface area contributed by atoms with Crippen molar-refractivity contribution in [2.24, 2.45) is 0 Å². The third-order valence-corrected chi connectivity index (χ3v) is 5.07. The van der Waals surface area contributed by atoms with E-state index in [0.29, 0.717) is 29.4 Å². The van der Waals surface area contributed by atoms with Crippen molar-refractivity contribution in [2.75, 3.05) is 40.7 Å². The minimum atomic E-state index is -3.31. The van der Waals surface area contributed by atoms with Gasteiger partial charge in [-0.2, -0.15) is 0 Å². The molecule has 0 aromatic heterocycles. The number of carbonyl (C=O) groups is 1. The van der Waals surface area contributed by atoms with Crippen molar-refractivity contribution < 1.29 is 27.4 Å². The summed E-state index contributed by atoms with van der Waals surface area (Å²) in [6.07, 6.45) is 3.69. The van der Waals surface area contributed by atoms with Crippen molar-refractivity contribution >= 4 is 15.9 Å². The summed E-state index contributed by atoms with van der Waals surface area (Å²) in [5.74, 6) is 1.03. The Hall–Kier alpha value is -2.00. The van der Waals surface area contributed by atoms with Gasteiger partial charge in [0, 0.05) is 24.7 Å². The van der Waals surface area contributed by atoms with E-state index in [2.05, 4.69) is 4.72 Å². The van der Waals surface area contributed by atoms with Crippen molar-refractivity contribution in [1.29, 1.82) is 0 Å². The second kappa shape index (κ2) is 8.59. The van der Waals surface area contributed by atoms with Gasteiger partial charge in [0.1, 0.15) is 0 Å². The Labute approximate surface area is 154 Å². The third kappa shape index (κ3) is 4.79. The van der Waals surface area contributed by atoms with E-state index in [0.717, 1.165) is 25.5 Å². The first kappa shape index (κ1) is 20.3. The van der Waals surface area contributed by atoms with Crippen LogP contribution in [0.3, 0.4) is 0 Å². The van der Waals surface area contributed by atoms with Gasteiger partial charge in [0.2, 0.25) is 15.8 Å². The van der Waals surface area contributed by atoms with Gasteiger partial charge < -0.3 is 19.1 Å². The number of sulfonamides is 1. The first-order valence-electron chi connectivity index (χ1n) is 8.36. The van der Waals surface area contributed by atoms with Crippen molar-refractivity contribution in [1.82, 2.24) is 9.62 Å². The van der Waals surface area contributed by atoms with Gasteiger partial charge in [-0.3, -0.25) is 4.79 Å². The summed E-state index contributed by atoms with van der Waals surface area (Å²) in [7, 11) is 1.17. The molecule has 1 atom stereocenters. The summed E-state index contributed by atoms with van der Waals surface area (Å²) in [6.45, 7) is 0.778.